The zero-order valence-corrected chi connectivity index (χ0v) is 73.9. The van der Waals surface area contributed by atoms with Crippen molar-refractivity contribution in [2.75, 3.05) is 98.9 Å². The molecule has 0 bridgehead atoms. The van der Waals surface area contributed by atoms with Crippen molar-refractivity contribution in [2.45, 2.75) is 71.5 Å². The SMILES string of the molecule is CC.COc1cccc(Cn2c(=O)oc3ccc(C4OCCO4)cc32)c1.COc1cccc(Cn2c(=O)oc3ccc(C=O)cc32)c1.COc1cccc(Cn2c(=O)oc3ccc(CO)cc32)c1.Nc1cc(C2OCCO2)ccc1O.Nc1cc(C2OCCO2)ccc1O.O=Cc1ccc(O)c([N+](=O)[O-])c1.O=[N+]([O-])c1cc(C2OCCO2)ccc1O.O=c1[nH]c2cc(C3OCCO3)ccc2o1. The van der Waals surface area contributed by atoms with Gasteiger partial charge in [0.15, 0.2) is 65.3 Å². The molecule has 4 aromatic heterocycles. The monoisotopic (exact) mass is 1870 g/mol. The molecule has 712 valence electrons. The molecule has 40 heteroatoms. The number of anilines is 2. The van der Waals surface area contributed by atoms with Crippen LogP contribution in [0.25, 0.3) is 44.4 Å². The molecular formula is C96H96N8O32. The number of aromatic nitrogens is 4. The van der Waals surface area contributed by atoms with E-state index in [0.29, 0.717) is 153 Å². The lowest BCUT2D eigenvalue weighted by Gasteiger charge is -2.10. The van der Waals surface area contributed by atoms with Gasteiger partial charge in [-0.2, -0.15) is 0 Å². The molecule has 20 rings (SSSR count). The average Bonchev–Trinajstić information content (AvgIpc) is 1.66. The van der Waals surface area contributed by atoms with Gasteiger partial charge in [-0.1, -0.05) is 80.6 Å². The maximum atomic E-state index is 12.2. The molecule has 11 aromatic carbocycles. The Morgan fingerprint density at radius 2 is 0.691 bits per heavy atom. The summed E-state index contributed by atoms with van der Waals surface area (Å²) in [6.07, 6.45) is -0.716. The van der Waals surface area contributed by atoms with Gasteiger partial charge in [-0.3, -0.25) is 48.5 Å². The summed E-state index contributed by atoms with van der Waals surface area (Å²) in [5, 5.41) is 66.5. The van der Waals surface area contributed by atoms with Crippen molar-refractivity contribution < 1.29 is 124 Å². The Morgan fingerprint density at radius 1 is 0.375 bits per heavy atom. The minimum atomic E-state index is -0.748. The second kappa shape index (κ2) is 48.2. The molecule has 40 nitrogen and oxygen atoms in total. The molecule has 10 N–H and O–H groups in total. The van der Waals surface area contributed by atoms with Gasteiger partial charge in [-0.15, -0.1) is 0 Å². The molecule has 15 aromatic rings. The number of rotatable bonds is 19. The number of aromatic amines is 1. The number of nitrogens with two attached hydrogens (primary N) is 2. The Labute approximate surface area is 771 Å². The predicted octanol–water partition coefficient (Wildman–Crippen LogP) is 14.0. The van der Waals surface area contributed by atoms with Crippen LogP contribution in [0.3, 0.4) is 0 Å². The number of fused-ring (bicyclic) bond motifs is 4. The van der Waals surface area contributed by atoms with E-state index in [1.165, 1.54) is 34.9 Å². The molecule has 0 radical (unpaired) electrons. The summed E-state index contributed by atoms with van der Waals surface area (Å²) in [4.78, 5) is 90.2. The van der Waals surface area contributed by atoms with E-state index in [1.54, 1.807) is 115 Å². The van der Waals surface area contributed by atoms with Crippen LogP contribution in [0.5, 0.6) is 40.2 Å². The van der Waals surface area contributed by atoms with Gasteiger partial charge in [-0.25, -0.2) is 19.2 Å². The first-order chi connectivity index (χ1) is 65.9. The smallest absolute Gasteiger partial charge is 0.420 e. The zero-order chi connectivity index (χ0) is 96.9. The maximum Gasteiger partial charge on any atom is 0.420 e. The summed E-state index contributed by atoms with van der Waals surface area (Å²) < 4.78 is 94.1. The summed E-state index contributed by atoms with van der Waals surface area (Å²) in [7, 11) is 4.81. The number of benzene rings is 11. The number of nitrogens with zero attached hydrogens (tertiary/aromatic N) is 5. The number of phenols is 4. The van der Waals surface area contributed by atoms with Crippen molar-refractivity contribution in [2.24, 2.45) is 0 Å². The van der Waals surface area contributed by atoms with Gasteiger partial charge in [0.05, 0.1) is 157 Å². The van der Waals surface area contributed by atoms with Gasteiger partial charge in [0.2, 0.25) is 0 Å². The van der Waals surface area contributed by atoms with E-state index < -0.39 is 50.6 Å². The number of nitrogen functional groups attached to an aromatic ring is 2. The van der Waals surface area contributed by atoms with E-state index in [0.717, 1.165) is 85.7 Å². The minimum Gasteiger partial charge on any atom is -0.506 e. The van der Waals surface area contributed by atoms with Crippen molar-refractivity contribution in [1.82, 2.24) is 18.7 Å². The van der Waals surface area contributed by atoms with E-state index in [2.05, 4.69) is 4.98 Å². The van der Waals surface area contributed by atoms with Crippen LogP contribution in [0.4, 0.5) is 22.7 Å². The number of aliphatic hydroxyl groups excluding tert-OH is 1. The highest BCUT2D eigenvalue weighted by Gasteiger charge is 2.27. The number of phenolic OH excluding ortho intramolecular Hbond substituents is 4. The summed E-state index contributed by atoms with van der Waals surface area (Å²) in [5.74, 6) is -0.114. The van der Waals surface area contributed by atoms with Crippen LogP contribution in [0.2, 0.25) is 0 Å². The third kappa shape index (κ3) is 26.2. The van der Waals surface area contributed by atoms with Crippen molar-refractivity contribution in [3.63, 3.8) is 0 Å². The van der Waals surface area contributed by atoms with Gasteiger partial charge in [0.1, 0.15) is 41.3 Å². The number of nitrogens with one attached hydrogen (secondary N) is 1. The van der Waals surface area contributed by atoms with Crippen molar-refractivity contribution in [3.05, 3.63) is 342 Å². The lowest BCUT2D eigenvalue weighted by atomic mass is 10.2. The first-order valence-electron chi connectivity index (χ1n) is 42.1. The Balaban J connectivity index is 0.000000141. The summed E-state index contributed by atoms with van der Waals surface area (Å²) in [6, 6.07) is 60.9. The number of hydrogen-bond acceptors (Lipinski definition) is 34. The second-order valence-electron chi connectivity index (χ2n) is 29.4. The molecule has 0 aliphatic carbocycles. The lowest BCUT2D eigenvalue weighted by molar-refractivity contribution is -0.386. The lowest BCUT2D eigenvalue weighted by Crippen LogP contribution is -2.15. The van der Waals surface area contributed by atoms with E-state index in [1.807, 2.05) is 105 Å². The fourth-order valence-corrected chi connectivity index (χ4v) is 13.8. The molecule has 5 fully saturated rings. The second-order valence-corrected chi connectivity index (χ2v) is 29.4. The third-order valence-corrected chi connectivity index (χ3v) is 20.4. The average molecular weight is 1870 g/mol. The Hall–Kier alpha value is -15.6. The normalized spacial score (nSPS) is 14.1. The minimum absolute atomic E-state index is 0.0749. The van der Waals surface area contributed by atoms with Crippen LogP contribution < -0.4 is 48.7 Å². The molecule has 5 aliphatic rings. The van der Waals surface area contributed by atoms with Crippen LogP contribution in [0.1, 0.15) is 116 Å². The molecule has 9 heterocycles. The van der Waals surface area contributed by atoms with Crippen LogP contribution >= 0.6 is 0 Å². The highest BCUT2D eigenvalue weighted by molar-refractivity contribution is 5.84. The highest BCUT2D eigenvalue weighted by atomic mass is 16.7. The fourth-order valence-electron chi connectivity index (χ4n) is 13.8. The molecule has 0 saturated carbocycles. The highest BCUT2D eigenvalue weighted by Crippen LogP contribution is 2.36. The van der Waals surface area contributed by atoms with E-state index in [4.69, 9.17) is 95.8 Å². The Morgan fingerprint density at radius 3 is 1.07 bits per heavy atom. The largest absolute Gasteiger partial charge is 0.506 e. The van der Waals surface area contributed by atoms with E-state index in [-0.39, 0.29) is 60.3 Å². The summed E-state index contributed by atoms with van der Waals surface area (Å²) in [6.45, 7) is 10.8. The standard InChI is InChI=1S/C18H17NO5.C16H15NO4.C16H13NO4.C10H9NO4.C9H9NO5.2C9H11NO3.C7H5NO4.C2H6/c1-21-14-4-2-3-12(9-14)11-19-15-10-13(17-22-7-8-23-17)5-6-16(15)24-18(19)20;2*1-20-13-4-2-3-11(7-13)9-17-14-8-12(10-18)5-6-15(14)21-16(17)19;12-10-11-7-5-6(1-2-8(7)15-10)9-13-3-4-14-9;11-8-2-1-6(5-7(8)10(12)13)9-14-3-4-15-9;2*10-7-5-6(1-2-8(7)11)9-12-3-4-13-9;9-4-5-1-2-7(10)6(3-5)8(11)12;1-2/h2-6,9-10,17H,7-8,11H2,1H3;2-8,18H,9-10H2,1H3;2-8,10H,9H2,1H3;1-2,5,9H,3-4H2,(H,11,12);1-2,5,9,11H,3-4H2;2*1-2,5,9,11H,3-4,10H2;1-4,10H;1-2H3. The van der Waals surface area contributed by atoms with Gasteiger partial charge in [0, 0.05) is 51.1 Å². The fraction of sp³-hybridized carbons (Fsp3) is 0.250. The van der Waals surface area contributed by atoms with E-state index in [9.17, 15) is 69.4 Å². The van der Waals surface area contributed by atoms with Crippen LogP contribution in [-0.4, -0.2) is 154 Å². The van der Waals surface area contributed by atoms with Crippen LogP contribution in [0.15, 0.2) is 255 Å². The maximum absolute atomic E-state index is 12.2. The number of carbonyl (C=O) groups is 2. The zero-order valence-electron chi connectivity index (χ0n) is 73.9. The number of aldehydes is 2. The number of ether oxygens (including phenoxy) is 13. The molecule has 5 saturated heterocycles. The number of oxazole rings is 4. The summed E-state index contributed by atoms with van der Waals surface area (Å²) >= 11 is 0. The van der Waals surface area contributed by atoms with Gasteiger partial charge >= 0.3 is 34.4 Å². The Kier molecular flexibility index (Phi) is 35.2. The quantitative estimate of drug-likeness (QED) is 0.0122. The van der Waals surface area contributed by atoms with E-state index >= 15 is 0 Å². The topological polar surface area (TPSA) is 545 Å². The number of nitro benzene ring substituents is 2. The number of H-pyrrole nitrogens is 1. The number of hydrogen-bond donors (Lipinski definition) is 8. The third-order valence-electron chi connectivity index (χ3n) is 20.4. The number of nitro groups is 2. The Bertz CT molecular complexity index is 6780. The van der Waals surface area contributed by atoms with Crippen LogP contribution in [0, 0.1) is 20.2 Å². The number of methoxy groups -OCH3 is 3. The number of aromatic hydroxyl groups is 4. The molecule has 0 spiro atoms. The molecule has 0 unspecified atom stereocenters. The van der Waals surface area contributed by atoms with Crippen molar-refractivity contribution in [3.8, 4) is 40.2 Å². The molecule has 136 heavy (non-hydrogen) atoms. The van der Waals surface area contributed by atoms with Gasteiger partial charge < -0.3 is 116 Å². The van der Waals surface area contributed by atoms with Gasteiger partial charge in [-0.05, 0) is 162 Å². The molecule has 5 aliphatic heterocycles. The molecule has 0 atom stereocenters. The first kappa shape index (κ1) is 99.4. The van der Waals surface area contributed by atoms with Crippen molar-refractivity contribution >= 4 is 79.7 Å². The van der Waals surface area contributed by atoms with Crippen LogP contribution in [-0.2, 0) is 73.6 Å². The molecule has 0 amide bonds. The summed E-state index contributed by atoms with van der Waals surface area (Å²) in [5.41, 5.74) is 23.9. The predicted molar refractivity (Wildman–Crippen MR) is 490 cm³/mol. The molecular weight excluding hydrogens is 1780 g/mol. The number of carbonyl (C=O) groups excluding carboxylic acids is 2. The van der Waals surface area contributed by atoms with Gasteiger partial charge in [0.25, 0.3) is 0 Å². The first-order valence-corrected chi connectivity index (χ1v) is 42.1. The van der Waals surface area contributed by atoms with Crippen molar-refractivity contribution in [1.29, 1.82) is 0 Å². The number of aliphatic hydroxyl groups is 1.